The van der Waals surface area contributed by atoms with Crippen molar-refractivity contribution < 1.29 is 9.32 Å². The Labute approximate surface area is 137 Å². The zero-order valence-electron chi connectivity index (χ0n) is 14.3. The minimum Gasteiger partial charge on any atom is -0.340 e. The Morgan fingerprint density at radius 1 is 1.35 bits per heavy atom. The summed E-state index contributed by atoms with van der Waals surface area (Å²) in [6, 6.07) is 0.548. The summed E-state index contributed by atoms with van der Waals surface area (Å²) in [6.07, 6.45) is 1.91. The molecule has 0 radical (unpaired) electrons. The molecular weight excluding hydrogens is 294 g/mol. The third kappa shape index (κ3) is 3.72. The first-order valence-electron chi connectivity index (χ1n) is 8.61. The fourth-order valence-electron chi connectivity index (χ4n) is 3.58. The van der Waals surface area contributed by atoms with Crippen LogP contribution in [-0.2, 0) is 4.79 Å². The molecule has 23 heavy (non-hydrogen) atoms. The third-order valence-corrected chi connectivity index (χ3v) is 5.05. The van der Waals surface area contributed by atoms with Crippen LogP contribution in [0.25, 0.3) is 0 Å². The molecule has 2 saturated heterocycles. The van der Waals surface area contributed by atoms with Gasteiger partial charge < -0.3 is 14.7 Å². The molecule has 2 fully saturated rings. The lowest BCUT2D eigenvalue weighted by Crippen LogP contribution is -2.52. The molecule has 1 aromatic rings. The predicted molar refractivity (Wildman–Crippen MR) is 85.8 cm³/mol. The van der Waals surface area contributed by atoms with Gasteiger partial charge in [-0.1, -0.05) is 5.16 Å². The van der Waals surface area contributed by atoms with E-state index in [4.69, 9.17) is 4.52 Å². The highest BCUT2D eigenvalue weighted by Gasteiger charge is 2.32. The molecule has 3 atom stereocenters. The maximum Gasteiger partial charge on any atom is 0.243 e. The van der Waals surface area contributed by atoms with Crippen LogP contribution >= 0.6 is 0 Å². The Morgan fingerprint density at radius 2 is 2.09 bits per heavy atom. The monoisotopic (exact) mass is 321 g/mol. The summed E-state index contributed by atoms with van der Waals surface area (Å²) in [5, 5.41) is 7.27. The van der Waals surface area contributed by atoms with Crippen LogP contribution in [0.3, 0.4) is 0 Å². The molecule has 2 aliphatic rings. The summed E-state index contributed by atoms with van der Waals surface area (Å²) in [4.78, 5) is 21.3. The van der Waals surface area contributed by atoms with Gasteiger partial charge >= 0.3 is 0 Å². The van der Waals surface area contributed by atoms with E-state index < -0.39 is 0 Å². The third-order valence-electron chi connectivity index (χ3n) is 5.05. The van der Waals surface area contributed by atoms with Gasteiger partial charge in [0, 0.05) is 38.1 Å². The van der Waals surface area contributed by atoms with E-state index in [1.807, 2.05) is 11.8 Å². The van der Waals surface area contributed by atoms with Crippen molar-refractivity contribution in [3.63, 3.8) is 0 Å². The average Bonchev–Trinajstić information content (AvgIpc) is 3.00. The van der Waals surface area contributed by atoms with Crippen LogP contribution in [0.2, 0.25) is 0 Å². The lowest BCUT2D eigenvalue weighted by Gasteiger charge is -2.39. The van der Waals surface area contributed by atoms with Crippen LogP contribution in [0.5, 0.6) is 0 Å². The molecule has 0 aromatic carbocycles. The second-order valence-corrected chi connectivity index (χ2v) is 6.79. The zero-order chi connectivity index (χ0) is 16.4. The van der Waals surface area contributed by atoms with E-state index in [-0.39, 0.29) is 12.0 Å². The smallest absolute Gasteiger partial charge is 0.243 e. The molecule has 1 unspecified atom stereocenters. The largest absolute Gasteiger partial charge is 0.340 e. The molecule has 3 heterocycles. The van der Waals surface area contributed by atoms with Crippen molar-refractivity contribution >= 4 is 5.91 Å². The zero-order valence-corrected chi connectivity index (χ0v) is 14.3. The number of aryl methyl sites for hydroxylation is 1. The summed E-state index contributed by atoms with van der Waals surface area (Å²) in [5.41, 5.74) is 0. The van der Waals surface area contributed by atoms with E-state index in [0.29, 0.717) is 23.7 Å². The molecule has 0 aliphatic carbocycles. The number of aromatic nitrogens is 2. The molecule has 7 heteroatoms. The molecule has 128 valence electrons. The van der Waals surface area contributed by atoms with Crippen molar-refractivity contribution in [2.24, 2.45) is 5.92 Å². The van der Waals surface area contributed by atoms with Gasteiger partial charge in [-0.05, 0) is 40.2 Å². The predicted octanol–water partition coefficient (Wildman–Crippen LogP) is 0.971. The number of carbonyl (C=O) groups is 1. The topological polar surface area (TPSA) is 74.5 Å². The second kappa shape index (κ2) is 6.97. The maximum absolute atomic E-state index is 12.7. The summed E-state index contributed by atoms with van der Waals surface area (Å²) in [7, 11) is 0. The lowest BCUT2D eigenvalue weighted by molar-refractivity contribution is -0.138. The number of nitrogens with one attached hydrogen (secondary N) is 1. The molecule has 0 saturated carbocycles. The summed E-state index contributed by atoms with van der Waals surface area (Å²) >= 11 is 0. The molecule has 0 bridgehead atoms. The Bertz CT molecular complexity index is 538. The van der Waals surface area contributed by atoms with E-state index in [9.17, 15) is 4.79 Å². The fraction of sp³-hybridized carbons (Fsp3) is 0.812. The van der Waals surface area contributed by atoms with Gasteiger partial charge in [0.05, 0.1) is 6.04 Å². The first-order chi connectivity index (χ1) is 11.0. The fourth-order valence-corrected chi connectivity index (χ4v) is 3.58. The van der Waals surface area contributed by atoms with Crippen molar-refractivity contribution in [3.05, 3.63) is 11.7 Å². The van der Waals surface area contributed by atoms with E-state index in [1.54, 1.807) is 0 Å². The van der Waals surface area contributed by atoms with Gasteiger partial charge in [0.25, 0.3) is 0 Å². The van der Waals surface area contributed by atoms with Gasteiger partial charge in [-0.15, -0.1) is 0 Å². The molecule has 1 N–H and O–H groups in total. The minimum atomic E-state index is 0.104. The lowest BCUT2D eigenvalue weighted by atomic mass is 9.92. The van der Waals surface area contributed by atoms with Crippen LogP contribution < -0.4 is 5.32 Å². The van der Waals surface area contributed by atoms with Gasteiger partial charge in [-0.2, -0.15) is 4.98 Å². The Balaban J connectivity index is 1.52. The van der Waals surface area contributed by atoms with Crippen molar-refractivity contribution in [1.29, 1.82) is 0 Å². The van der Waals surface area contributed by atoms with Crippen LogP contribution in [-0.4, -0.2) is 64.6 Å². The van der Waals surface area contributed by atoms with E-state index in [0.717, 1.165) is 45.6 Å². The van der Waals surface area contributed by atoms with Gasteiger partial charge in [0.15, 0.2) is 5.82 Å². The number of carbonyl (C=O) groups excluding carboxylic acids is 1. The molecule has 1 amide bonds. The number of piperidine rings is 1. The van der Waals surface area contributed by atoms with Gasteiger partial charge in [-0.3, -0.25) is 9.69 Å². The van der Waals surface area contributed by atoms with Crippen LogP contribution in [0.1, 0.15) is 44.4 Å². The Kier molecular flexibility index (Phi) is 4.96. The van der Waals surface area contributed by atoms with Gasteiger partial charge in [-0.25, -0.2) is 0 Å². The average molecular weight is 321 g/mol. The normalized spacial score (nSPS) is 27.9. The molecule has 2 aliphatic heterocycles. The first kappa shape index (κ1) is 16.4. The number of piperazine rings is 1. The minimum absolute atomic E-state index is 0.104. The van der Waals surface area contributed by atoms with Crippen molar-refractivity contribution in [2.75, 3.05) is 32.7 Å². The highest BCUT2D eigenvalue weighted by atomic mass is 16.5. The molecule has 3 rings (SSSR count). The molecule has 7 nitrogen and oxygen atoms in total. The number of amides is 1. The van der Waals surface area contributed by atoms with Crippen molar-refractivity contribution in [2.45, 2.75) is 45.7 Å². The summed E-state index contributed by atoms with van der Waals surface area (Å²) in [5.74, 6) is 1.85. The maximum atomic E-state index is 12.7. The molecule has 0 spiro atoms. The number of hydrogen-bond acceptors (Lipinski definition) is 6. The quantitative estimate of drug-likeness (QED) is 0.894. The van der Waals surface area contributed by atoms with Crippen LogP contribution in [0.15, 0.2) is 4.52 Å². The van der Waals surface area contributed by atoms with Crippen LogP contribution in [0.4, 0.5) is 0 Å². The summed E-state index contributed by atoms with van der Waals surface area (Å²) < 4.78 is 5.27. The SMILES string of the molecule is Cc1noc(C(C)N2CCN(C(=O)[C@H]3CCN[C@@H](C)C3)CC2)n1. The second-order valence-electron chi connectivity index (χ2n) is 6.79. The van der Waals surface area contributed by atoms with Crippen molar-refractivity contribution in [3.8, 4) is 0 Å². The van der Waals surface area contributed by atoms with Gasteiger partial charge in [0.1, 0.15) is 0 Å². The highest BCUT2D eigenvalue weighted by molar-refractivity contribution is 5.79. The number of rotatable bonds is 3. The van der Waals surface area contributed by atoms with E-state index in [2.05, 4.69) is 34.2 Å². The highest BCUT2D eigenvalue weighted by Crippen LogP contribution is 2.23. The number of hydrogen-bond donors (Lipinski definition) is 1. The van der Waals surface area contributed by atoms with Gasteiger partial charge in [0.2, 0.25) is 11.8 Å². The van der Waals surface area contributed by atoms with Crippen molar-refractivity contribution in [1.82, 2.24) is 25.3 Å². The van der Waals surface area contributed by atoms with Crippen LogP contribution in [0, 0.1) is 12.8 Å². The molecular formula is C16H27N5O2. The van der Waals surface area contributed by atoms with E-state index in [1.165, 1.54) is 0 Å². The summed E-state index contributed by atoms with van der Waals surface area (Å²) in [6.45, 7) is 10.3. The molecule has 1 aromatic heterocycles. The Hall–Kier alpha value is -1.47. The Morgan fingerprint density at radius 3 is 2.70 bits per heavy atom. The number of nitrogens with zero attached hydrogens (tertiary/aromatic N) is 4. The van der Waals surface area contributed by atoms with E-state index >= 15 is 0 Å². The first-order valence-corrected chi connectivity index (χ1v) is 8.61. The standard InChI is InChI=1S/C16H27N5O2/c1-11-10-14(4-5-17-11)16(22)21-8-6-20(7-9-21)12(2)15-18-13(3)19-23-15/h11-12,14,17H,4-10H2,1-3H3/t11-,12?,14-/m0/s1.